The van der Waals surface area contributed by atoms with Gasteiger partial charge in [-0.2, -0.15) is 0 Å². The van der Waals surface area contributed by atoms with Gasteiger partial charge in [-0.15, -0.1) is 11.3 Å². The van der Waals surface area contributed by atoms with Gasteiger partial charge in [0, 0.05) is 6.20 Å². The normalized spacial score (nSPS) is 10.3. The number of pyridine rings is 1. The average Bonchev–Trinajstić information content (AvgIpc) is 2.79. The highest BCUT2D eigenvalue weighted by atomic mass is 32.1. The predicted molar refractivity (Wildman–Crippen MR) is 66.9 cm³/mol. The maximum Gasteiger partial charge on any atom is 0.160 e. The molecule has 2 rings (SSSR count). The summed E-state index contributed by atoms with van der Waals surface area (Å²) in [5.41, 5.74) is 2.20. The summed E-state index contributed by atoms with van der Waals surface area (Å²) in [5.74, 6) is 0. The molecule has 0 aliphatic rings. The maximum atomic E-state index is 10.6. The van der Waals surface area contributed by atoms with Crippen LogP contribution in [0.5, 0.6) is 0 Å². The van der Waals surface area contributed by atoms with Crippen molar-refractivity contribution in [3.63, 3.8) is 0 Å². The zero-order valence-electron chi connectivity index (χ0n) is 9.14. The van der Waals surface area contributed by atoms with Gasteiger partial charge in [0.25, 0.3) is 0 Å². The van der Waals surface area contributed by atoms with Crippen molar-refractivity contribution >= 4 is 17.6 Å². The summed E-state index contributed by atoms with van der Waals surface area (Å²) >= 11 is 1.47. The van der Waals surface area contributed by atoms with Crippen LogP contribution < -0.4 is 0 Å². The molecule has 0 unspecified atom stereocenters. The molecule has 0 saturated carbocycles. The Labute approximate surface area is 99.0 Å². The van der Waals surface area contributed by atoms with Crippen molar-refractivity contribution < 1.29 is 4.79 Å². The Kier molecular flexibility index (Phi) is 3.47. The number of aldehydes is 1. The van der Waals surface area contributed by atoms with Gasteiger partial charge in [0.1, 0.15) is 0 Å². The van der Waals surface area contributed by atoms with Crippen molar-refractivity contribution in [3.05, 3.63) is 40.9 Å². The summed E-state index contributed by atoms with van der Waals surface area (Å²) in [6.45, 7) is 2.16. The summed E-state index contributed by atoms with van der Waals surface area (Å²) in [6.07, 6.45) is 4.99. The van der Waals surface area contributed by atoms with E-state index in [4.69, 9.17) is 0 Å². The second kappa shape index (κ2) is 5.03. The van der Waals surface area contributed by atoms with E-state index in [-0.39, 0.29) is 0 Å². The summed E-state index contributed by atoms with van der Waals surface area (Å²) in [6, 6.07) is 7.89. The summed E-state index contributed by atoms with van der Waals surface area (Å²) in [5, 5.41) is 0. The fourth-order valence-corrected chi connectivity index (χ4v) is 2.36. The van der Waals surface area contributed by atoms with Crippen molar-refractivity contribution in [1.29, 1.82) is 0 Å². The van der Waals surface area contributed by atoms with Crippen LogP contribution in [0.3, 0.4) is 0 Å². The Morgan fingerprint density at radius 2 is 2.19 bits per heavy atom. The third kappa shape index (κ3) is 2.36. The van der Waals surface area contributed by atoms with E-state index < -0.39 is 0 Å². The Balaban J connectivity index is 2.23. The molecule has 0 amide bonds. The minimum Gasteiger partial charge on any atom is -0.297 e. The molecular formula is C13H13NOS. The molecule has 16 heavy (non-hydrogen) atoms. The van der Waals surface area contributed by atoms with Crippen molar-refractivity contribution in [2.75, 3.05) is 0 Å². The second-order valence-corrected chi connectivity index (χ2v) is 4.74. The van der Waals surface area contributed by atoms with E-state index in [1.54, 1.807) is 0 Å². The summed E-state index contributed by atoms with van der Waals surface area (Å²) in [7, 11) is 0. The molecule has 2 heterocycles. The lowest BCUT2D eigenvalue weighted by molar-refractivity contribution is 0.112. The van der Waals surface area contributed by atoms with E-state index in [0.717, 1.165) is 34.6 Å². The molecule has 0 N–H and O–H groups in total. The number of aromatic nitrogens is 1. The summed E-state index contributed by atoms with van der Waals surface area (Å²) < 4.78 is 0. The van der Waals surface area contributed by atoms with Gasteiger partial charge >= 0.3 is 0 Å². The minimum absolute atomic E-state index is 0.745. The third-order valence-corrected chi connectivity index (χ3v) is 3.39. The topological polar surface area (TPSA) is 30.0 Å². The minimum atomic E-state index is 0.745. The van der Waals surface area contributed by atoms with Gasteiger partial charge in [-0.05, 0) is 30.2 Å². The molecule has 0 bridgehead atoms. The third-order valence-electron chi connectivity index (χ3n) is 2.36. The van der Waals surface area contributed by atoms with Crippen molar-refractivity contribution in [2.45, 2.75) is 19.8 Å². The first-order valence-electron chi connectivity index (χ1n) is 5.34. The van der Waals surface area contributed by atoms with Crippen LogP contribution in [0.1, 0.15) is 28.6 Å². The SMILES string of the molecule is CCCc1ccc(-c2ccc(C=O)s2)nc1. The number of hydrogen-bond donors (Lipinski definition) is 0. The average molecular weight is 231 g/mol. The van der Waals surface area contributed by atoms with E-state index in [2.05, 4.69) is 18.0 Å². The van der Waals surface area contributed by atoms with Crippen LogP contribution in [0, 0.1) is 0 Å². The van der Waals surface area contributed by atoms with Crippen LogP contribution in [0.4, 0.5) is 0 Å². The first-order valence-corrected chi connectivity index (χ1v) is 6.15. The monoisotopic (exact) mass is 231 g/mol. The largest absolute Gasteiger partial charge is 0.297 e. The highest BCUT2D eigenvalue weighted by molar-refractivity contribution is 7.17. The zero-order valence-corrected chi connectivity index (χ0v) is 9.96. The van der Waals surface area contributed by atoms with Gasteiger partial charge in [0.15, 0.2) is 6.29 Å². The second-order valence-electron chi connectivity index (χ2n) is 3.62. The predicted octanol–water partition coefficient (Wildman–Crippen LogP) is 3.58. The molecule has 0 radical (unpaired) electrons. The van der Waals surface area contributed by atoms with Crippen LogP contribution in [0.15, 0.2) is 30.5 Å². The number of thiophene rings is 1. The van der Waals surface area contributed by atoms with Gasteiger partial charge in [-0.25, -0.2) is 0 Å². The Morgan fingerprint density at radius 3 is 2.75 bits per heavy atom. The maximum absolute atomic E-state index is 10.6. The highest BCUT2D eigenvalue weighted by Crippen LogP contribution is 2.25. The fourth-order valence-electron chi connectivity index (χ4n) is 1.56. The lowest BCUT2D eigenvalue weighted by Gasteiger charge is -1.99. The standard InChI is InChI=1S/C13H13NOS/c1-2-3-10-4-6-12(14-8-10)13-7-5-11(9-15)16-13/h4-9H,2-3H2,1H3. The molecule has 2 aromatic heterocycles. The number of carbonyl (C=O) groups is 1. The Hall–Kier alpha value is -1.48. The molecule has 0 fully saturated rings. The number of hydrogen-bond acceptors (Lipinski definition) is 3. The molecule has 2 aromatic rings. The molecular weight excluding hydrogens is 218 g/mol. The Morgan fingerprint density at radius 1 is 1.31 bits per heavy atom. The van der Waals surface area contributed by atoms with E-state index in [1.165, 1.54) is 16.9 Å². The van der Waals surface area contributed by atoms with Crippen LogP contribution in [-0.2, 0) is 6.42 Å². The number of carbonyl (C=O) groups excluding carboxylic acids is 1. The van der Waals surface area contributed by atoms with Crippen LogP contribution >= 0.6 is 11.3 Å². The first kappa shape index (κ1) is 11.0. The molecule has 0 saturated heterocycles. The van der Waals surface area contributed by atoms with Gasteiger partial charge in [0.05, 0.1) is 15.4 Å². The smallest absolute Gasteiger partial charge is 0.160 e. The fraction of sp³-hybridized carbons (Fsp3) is 0.231. The number of rotatable bonds is 4. The van der Waals surface area contributed by atoms with Crippen molar-refractivity contribution in [3.8, 4) is 10.6 Å². The van der Waals surface area contributed by atoms with Crippen molar-refractivity contribution in [2.24, 2.45) is 0 Å². The van der Waals surface area contributed by atoms with Gasteiger partial charge in [-0.1, -0.05) is 19.4 Å². The molecule has 0 aliphatic carbocycles. The van der Waals surface area contributed by atoms with Crippen LogP contribution in [-0.4, -0.2) is 11.3 Å². The van der Waals surface area contributed by atoms with Gasteiger partial charge < -0.3 is 0 Å². The van der Waals surface area contributed by atoms with E-state index in [0.29, 0.717) is 0 Å². The van der Waals surface area contributed by atoms with E-state index in [9.17, 15) is 4.79 Å². The van der Waals surface area contributed by atoms with Crippen LogP contribution in [0.25, 0.3) is 10.6 Å². The lowest BCUT2D eigenvalue weighted by Crippen LogP contribution is -1.86. The quantitative estimate of drug-likeness (QED) is 0.753. The highest BCUT2D eigenvalue weighted by Gasteiger charge is 2.03. The molecule has 0 atom stereocenters. The first-order chi connectivity index (χ1) is 7.83. The molecule has 0 aromatic carbocycles. The molecule has 0 spiro atoms. The zero-order chi connectivity index (χ0) is 11.4. The van der Waals surface area contributed by atoms with E-state index >= 15 is 0 Å². The van der Waals surface area contributed by atoms with Gasteiger partial charge in [0.2, 0.25) is 0 Å². The molecule has 3 heteroatoms. The molecule has 0 aliphatic heterocycles. The van der Waals surface area contributed by atoms with Crippen molar-refractivity contribution in [1.82, 2.24) is 4.98 Å². The number of nitrogens with zero attached hydrogens (tertiary/aromatic N) is 1. The summed E-state index contributed by atoms with van der Waals surface area (Å²) in [4.78, 5) is 16.8. The molecule has 2 nitrogen and oxygen atoms in total. The molecule has 82 valence electrons. The number of aryl methyl sites for hydroxylation is 1. The van der Waals surface area contributed by atoms with Gasteiger partial charge in [-0.3, -0.25) is 9.78 Å². The van der Waals surface area contributed by atoms with Crippen LogP contribution in [0.2, 0.25) is 0 Å². The lowest BCUT2D eigenvalue weighted by atomic mass is 10.1. The Bertz CT molecular complexity index is 473. The van der Waals surface area contributed by atoms with E-state index in [1.807, 2.05) is 24.4 Å².